The Balaban J connectivity index is 2.10. The largest absolute Gasteiger partial charge is 0.481 e. The van der Waals surface area contributed by atoms with Gasteiger partial charge in [0.05, 0.1) is 18.9 Å². The first-order valence-corrected chi connectivity index (χ1v) is 7.70. The van der Waals surface area contributed by atoms with Crippen molar-refractivity contribution in [1.29, 1.82) is 0 Å². The summed E-state index contributed by atoms with van der Waals surface area (Å²) in [6.07, 6.45) is -0.482. The van der Waals surface area contributed by atoms with Crippen LogP contribution in [0.2, 0.25) is 5.02 Å². The maximum atomic E-state index is 13.7. The van der Waals surface area contributed by atoms with Crippen LogP contribution in [0.25, 0.3) is 0 Å². The number of rotatable bonds is 6. The molecule has 22 heavy (non-hydrogen) atoms. The lowest BCUT2D eigenvalue weighted by Gasteiger charge is -2.16. The highest BCUT2D eigenvalue weighted by molar-refractivity contribution is 7.10. The minimum absolute atomic E-state index is 0.0990. The van der Waals surface area contributed by atoms with Crippen molar-refractivity contribution in [1.82, 2.24) is 5.32 Å². The van der Waals surface area contributed by atoms with Crippen molar-refractivity contribution in [2.24, 2.45) is 0 Å². The normalized spacial score (nSPS) is 11.9. The molecule has 0 aliphatic rings. The van der Waals surface area contributed by atoms with E-state index in [0.717, 1.165) is 4.88 Å². The topological polar surface area (TPSA) is 66.4 Å². The zero-order chi connectivity index (χ0) is 16.1. The third-order valence-corrected chi connectivity index (χ3v) is 4.34. The Morgan fingerprint density at radius 3 is 2.68 bits per heavy atom. The van der Waals surface area contributed by atoms with Gasteiger partial charge in [-0.25, -0.2) is 4.39 Å². The minimum Gasteiger partial charge on any atom is -0.481 e. The van der Waals surface area contributed by atoms with E-state index < -0.39 is 23.7 Å². The first kappa shape index (κ1) is 16.5. The minimum atomic E-state index is -1.03. The van der Waals surface area contributed by atoms with Crippen molar-refractivity contribution >= 4 is 34.8 Å². The average Bonchev–Trinajstić information content (AvgIpc) is 2.96. The van der Waals surface area contributed by atoms with Crippen molar-refractivity contribution in [3.63, 3.8) is 0 Å². The monoisotopic (exact) mass is 341 g/mol. The third-order valence-electron chi connectivity index (χ3n) is 3.00. The molecule has 2 N–H and O–H groups in total. The molecule has 0 bridgehead atoms. The van der Waals surface area contributed by atoms with Crippen LogP contribution < -0.4 is 5.32 Å². The van der Waals surface area contributed by atoms with Gasteiger partial charge in [-0.1, -0.05) is 23.7 Å². The Kier molecular flexibility index (Phi) is 5.51. The van der Waals surface area contributed by atoms with Gasteiger partial charge in [0.15, 0.2) is 0 Å². The number of benzene rings is 1. The molecule has 0 radical (unpaired) electrons. The van der Waals surface area contributed by atoms with E-state index in [2.05, 4.69) is 5.32 Å². The molecule has 116 valence electrons. The highest BCUT2D eigenvalue weighted by Crippen LogP contribution is 2.23. The van der Waals surface area contributed by atoms with E-state index in [0.29, 0.717) is 0 Å². The second kappa shape index (κ2) is 7.38. The van der Waals surface area contributed by atoms with Crippen molar-refractivity contribution in [3.05, 3.63) is 57.0 Å². The van der Waals surface area contributed by atoms with Crippen molar-refractivity contribution in [3.8, 4) is 0 Å². The van der Waals surface area contributed by atoms with Crippen LogP contribution in [0, 0.1) is 5.82 Å². The molecule has 1 atom stereocenters. The molecule has 0 saturated carbocycles. The molecule has 1 heterocycles. The lowest BCUT2D eigenvalue weighted by atomic mass is 10.1. The average molecular weight is 342 g/mol. The number of hydrogen-bond donors (Lipinski definition) is 2. The zero-order valence-electron chi connectivity index (χ0n) is 11.4. The summed E-state index contributed by atoms with van der Waals surface area (Å²) in [5.74, 6) is -2.07. The summed E-state index contributed by atoms with van der Waals surface area (Å²) < 4.78 is 13.7. The molecule has 0 unspecified atom stereocenters. The fraction of sp³-hybridized carbons (Fsp3) is 0.200. The molecule has 4 nitrogen and oxygen atoms in total. The fourth-order valence-corrected chi connectivity index (χ4v) is 3.00. The van der Waals surface area contributed by atoms with E-state index in [1.54, 1.807) is 17.5 Å². The molecule has 0 aliphatic carbocycles. The van der Waals surface area contributed by atoms with E-state index in [4.69, 9.17) is 16.7 Å². The van der Waals surface area contributed by atoms with Gasteiger partial charge >= 0.3 is 5.97 Å². The van der Waals surface area contributed by atoms with Crippen LogP contribution in [-0.4, -0.2) is 17.0 Å². The SMILES string of the molecule is O=C(O)C[C@@H](NC(=O)Cc1c(F)cccc1Cl)c1cccs1. The summed E-state index contributed by atoms with van der Waals surface area (Å²) in [7, 11) is 0. The summed E-state index contributed by atoms with van der Waals surface area (Å²) in [6, 6.07) is 7.06. The van der Waals surface area contributed by atoms with Crippen LogP contribution in [-0.2, 0) is 16.0 Å². The van der Waals surface area contributed by atoms with E-state index in [1.165, 1.54) is 29.5 Å². The second-order valence-corrected chi connectivity index (χ2v) is 6.00. The number of carboxylic acids is 1. The van der Waals surface area contributed by atoms with E-state index in [1.807, 2.05) is 0 Å². The zero-order valence-corrected chi connectivity index (χ0v) is 13.0. The molecule has 2 rings (SSSR count). The molecule has 7 heteroatoms. The number of halogens is 2. The lowest BCUT2D eigenvalue weighted by Crippen LogP contribution is -2.31. The van der Waals surface area contributed by atoms with Crippen LogP contribution in [0.3, 0.4) is 0 Å². The number of aliphatic carboxylic acids is 1. The third kappa shape index (κ3) is 4.29. The molecule has 0 aliphatic heterocycles. The number of carbonyl (C=O) groups excluding carboxylic acids is 1. The Bertz CT molecular complexity index is 655. The predicted octanol–water partition coefficient (Wildman–Crippen LogP) is 3.42. The van der Waals surface area contributed by atoms with Gasteiger partial charge in [0.1, 0.15) is 5.82 Å². The molecule has 0 saturated heterocycles. The first-order chi connectivity index (χ1) is 10.5. The maximum Gasteiger partial charge on any atom is 0.305 e. The van der Waals surface area contributed by atoms with Gasteiger partial charge in [-0.15, -0.1) is 11.3 Å². The maximum absolute atomic E-state index is 13.7. The second-order valence-electron chi connectivity index (χ2n) is 4.61. The quantitative estimate of drug-likeness (QED) is 0.846. The van der Waals surface area contributed by atoms with Gasteiger partial charge in [-0.3, -0.25) is 9.59 Å². The summed E-state index contributed by atoms with van der Waals surface area (Å²) in [6.45, 7) is 0. The number of hydrogen-bond acceptors (Lipinski definition) is 3. The molecule has 1 amide bonds. The first-order valence-electron chi connectivity index (χ1n) is 6.45. The number of carboxylic acid groups (broad SMARTS) is 1. The van der Waals surface area contributed by atoms with Crippen LogP contribution in [0.15, 0.2) is 35.7 Å². The molecular formula is C15H13ClFNO3S. The summed E-state index contributed by atoms with van der Waals surface area (Å²) in [5, 5.41) is 13.5. The Morgan fingerprint density at radius 2 is 2.09 bits per heavy atom. The molecule has 2 aromatic rings. The molecule has 0 fully saturated rings. The van der Waals surface area contributed by atoms with Gasteiger partial charge in [0, 0.05) is 15.5 Å². The highest BCUT2D eigenvalue weighted by atomic mass is 35.5. The predicted molar refractivity (Wildman–Crippen MR) is 82.6 cm³/mol. The van der Waals surface area contributed by atoms with Gasteiger partial charge in [0.2, 0.25) is 5.91 Å². The van der Waals surface area contributed by atoms with E-state index >= 15 is 0 Å². The standard InChI is InChI=1S/C15H13ClFNO3S/c16-10-3-1-4-11(17)9(10)7-14(19)18-12(8-15(20)21)13-5-2-6-22-13/h1-6,12H,7-8H2,(H,18,19)(H,20,21)/t12-/m1/s1. The molecular weight excluding hydrogens is 329 g/mol. The number of nitrogens with one attached hydrogen (secondary N) is 1. The van der Waals surface area contributed by atoms with Gasteiger partial charge in [0.25, 0.3) is 0 Å². The number of carbonyl (C=O) groups is 2. The Hall–Kier alpha value is -1.92. The van der Waals surface area contributed by atoms with Gasteiger partial charge in [-0.05, 0) is 23.6 Å². The smallest absolute Gasteiger partial charge is 0.305 e. The van der Waals surface area contributed by atoms with Crippen LogP contribution in [0.5, 0.6) is 0 Å². The number of thiophene rings is 1. The van der Waals surface area contributed by atoms with Crippen LogP contribution in [0.1, 0.15) is 22.9 Å². The fourth-order valence-electron chi connectivity index (χ4n) is 1.99. The van der Waals surface area contributed by atoms with Crippen molar-refractivity contribution in [2.75, 3.05) is 0 Å². The molecule has 0 spiro atoms. The number of amides is 1. The summed E-state index contributed by atoms with van der Waals surface area (Å²) >= 11 is 7.23. The van der Waals surface area contributed by atoms with E-state index in [-0.39, 0.29) is 23.4 Å². The van der Waals surface area contributed by atoms with Crippen molar-refractivity contribution in [2.45, 2.75) is 18.9 Å². The van der Waals surface area contributed by atoms with Gasteiger partial charge in [-0.2, -0.15) is 0 Å². The highest BCUT2D eigenvalue weighted by Gasteiger charge is 2.20. The van der Waals surface area contributed by atoms with Crippen LogP contribution >= 0.6 is 22.9 Å². The summed E-state index contributed by atoms with van der Waals surface area (Å²) in [5.41, 5.74) is 0.0990. The van der Waals surface area contributed by atoms with E-state index in [9.17, 15) is 14.0 Å². The van der Waals surface area contributed by atoms with Gasteiger partial charge < -0.3 is 10.4 Å². The molecule has 1 aromatic heterocycles. The Labute approximate surface area is 135 Å². The summed E-state index contributed by atoms with van der Waals surface area (Å²) in [4.78, 5) is 23.7. The van der Waals surface area contributed by atoms with Crippen LogP contribution in [0.4, 0.5) is 4.39 Å². The Morgan fingerprint density at radius 1 is 1.32 bits per heavy atom. The molecule has 1 aromatic carbocycles. The lowest BCUT2D eigenvalue weighted by molar-refractivity contribution is -0.137. The van der Waals surface area contributed by atoms with Crippen molar-refractivity contribution < 1.29 is 19.1 Å².